The van der Waals surface area contributed by atoms with Gasteiger partial charge in [-0.05, 0) is 62.9 Å². The number of halogens is 1. The standard InChI is InChI=1S/C20H22FN5O/c1-20(27)9-6-15(7-10-20)26-12-24-17(13-2-4-14(21)5-3-13)18(26)16-8-11-23-19(22)25-16/h2-5,8,11-12,15,27H,6-7,9-10H2,1H3,(H2,22,23,25). The molecular formula is C20H22FN5O. The molecule has 0 spiro atoms. The molecule has 0 saturated heterocycles. The Morgan fingerprint density at radius 2 is 1.85 bits per heavy atom. The average Bonchev–Trinajstić information content (AvgIpc) is 3.07. The van der Waals surface area contributed by atoms with E-state index in [1.54, 1.807) is 30.7 Å². The molecule has 0 aliphatic heterocycles. The van der Waals surface area contributed by atoms with Gasteiger partial charge >= 0.3 is 0 Å². The van der Waals surface area contributed by atoms with Crippen molar-refractivity contribution in [1.29, 1.82) is 0 Å². The van der Waals surface area contributed by atoms with E-state index in [0.29, 0.717) is 5.69 Å². The molecule has 4 rings (SSSR count). The number of nitrogen functional groups attached to an aromatic ring is 1. The number of nitrogens with two attached hydrogens (primary N) is 1. The predicted octanol–water partition coefficient (Wildman–Crippen LogP) is 3.59. The summed E-state index contributed by atoms with van der Waals surface area (Å²) in [4.78, 5) is 13.0. The minimum Gasteiger partial charge on any atom is -0.390 e. The quantitative estimate of drug-likeness (QED) is 0.738. The maximum absolute atomic E-state index is 13.4. The lowest BCUT2D eigenvalue weighted by Crippen LogP contribution is -2.31. The highest BCUT2D eigenvalue weighted by Gasteiger charge is 2.31. The van der Waals surface area contributed by atoms with Gasteiger partial charge in [0.05, 0.1) is 29.0 Å². The Labute approximate surface area is 156 Å². The van der Waals surface area contributed by atoms with Gasteiger partial charge in [-0.1, -0.05) is 0 Å². The second-order valence-electron chi connectivity index (χ2n) is 7.38. The van der Waals surface area contributed by atoms with Crippen molar-refractivity contribution in [2.45, 2.75) is 44.2 Å². The predicted molar refractivity (Wildman–Crippen MR) is 101 cm³/mol. The van der Waals surface area contributed by atoms with Crippen LogP contribution in [0.5, 0.6) is 0 Å². The molecule has 1 aliphatic carbocycles. The molecule has 140 valence electrons. The van der Waals surface area contributed by atoms with E-state index in [0.717, 1.165) is 42.6 Å². The zero-order valence-electron chi connectivity index (χ0n) is 15.1. The van der Waals surface area contributed by atoms with Crippen molar-refractivity contribution in [3.63, 3.8) is 0 Å². The van der Waals surface area contributed by atoms with Gasteiger partial charge in [-0.25, -0.2) is 19.3 Å². The maximum atomic E-state index is 13.4. The fourth-order valence-corrected chi connectivity index (χ4v) is 3.72. The molecule has 1 fully saturated rings. The number of imidazole rings is 1. The third-order valence-electron chi connectivity index (χ3n) is 5.25. The fraction of sp³-hybridized carbons (Fsp3) is 0.350. The number of aromatic nitrogens is 4. The molecule has 7 heteroatoms. The molecule has 2 aromatic heterocycles. The highest BCUT2D eigenvalue weighted by atomic mass is 19.1. The molecule has 0 atom stereocenters. The Morgan fingerprint density at radius 1 is 1.15 bits per heavy atom. The summed E-state index contributed by atoms with van der Waals surface area (Å²) in [5.74, 6) is -0.0996. The van der Waals surface area contributed by atoms with Crippen molar-refractivity contribution in [3.8, 4) is 22.6 Å². The number of rotatable bonds is 3. The molecule has 2 heterocycles. The summed E-state index contributed by atoms with van der Waals surface area (Å²) in [7, 11) is 0. The van der Waals surface area contributed by atoms with E-state index in [1.807, 2.05) is 6.92 Å². The van der Waals surface area contributed by atoms with Crippen molar-refractivity contribution < 1.29 is 9.50 Å². The molecule has 1 aromatic carbocycles. The first-order valence-electron chi connectivity index (χ1n) is 9.07. The number of anilines is 1. The van der Waals surface area contributed by atoms with Gasteiger partial charge in [0.25, 0.3) is 0 Å². The summed E-state index contributed by atoms with van der Waals surface area (Å²) < 4.78 is 15.5. The summed E-state index contributed by atoms with van der Waals surface area (Å²) in [6.07, 6.45) is 6.58. The van der Waals surface area contributed by atoms with E-state index in [2.05, 4.69) is 19.5 Å². The molecule has 0 amide bonds. The van der Waals surface area contributed by atoms with Crippen LogP contribution in [0.4, 0.5) is 10.3 Å². The van der Waals surface area contributed by atoms with Crippen LogP contribution in [0, 0.1) is 5.82 Å². The third kappa shape index (κ3) is 3.55. The third-order valence-corrected chi connectivity index (χ3v) is 5.25. The van der Waals surface area contributed by atoms with Gasteiger partial charge in [0.15, 0.2) is 0 Å². The van der Waals surface area contributed by atoms with Crippen LogP contribution in [-0.2, 0) is 0 Å². The molecule has 6 nitrogen and oxygen atoms in total. The van der Waals surface area contributed by atoms with E-state index in [1.165, 1.54) is 12.1 Å². The highest BCUT2D eigenvalue weighted by Crippen LogP contribution is 2.39. The van der Waals surface area contributed by atoms with Gasteiger partial charge in [-0.3, -0.25) is 0 Å². The molecular weight excluding hydrogens is 345 g/mol. The average molecular weight is 367 g/mol. The Bertz CT molecular complexity index is 941. The van der Waals surface area contributed by atoms with Crippen LogP contribution >= 0.6 is 0 Å². The first-order valence-corrected chi connectivity index (χ1v) is 9.07. The van der Waals surface area contributed by atoms with Gasteiger partial charge in [-0.15, -0.1) is 0 Å². The molecule has 3 N–H and O–H groups in total. The van der Waals surface area contributed by atoms with E-state index in [4.69, 9.17) is 5.73 Å². The lowest BCUT2D eigenvalue weighted by molar-refractivity contribution is 0.0101. The van der Waals surface area contributed by atoms with Crippen molar-refractivity contribution in [1.82, 2.24) is 19.5 Å². The molecule has 1 saturated carbocycles. The molecule has 27 heavy (non-hydrogen) atoms. The molecule has 1 aliphatic rings. The van der Waals surface area contributed by atoms with Crippen molar-refractivity contribution >= 4 is 5.95 Å². The van der Waals surface area contributed by atoms with Crippen LogP contribution < -0.4 is 5.73 Å². The number of nitrogens with zero attached hydrogens (tertiary/aromatic N) is 4. The summed E-state index contributed by atoms with van der Waals surface area (Å²) in [5, 5.41) is 10.3. The fourth-order valence-electron chi connectivity index (χ4n) is 3.72. The van der Waals surface area contributed by atoms with E-state index in [-0.39, 0.29) is 17.8 Å². The monoisotopic (exact) mass is 367 g/mol. The number of benzene rings is 1. The normalized spacial score (nSPS) is 22.7. The summed E-state index contributed by atoms with van der Waals surface area (Å²) in [5.41, 5.74) is 8.24. The summed E-state index contributed by atoms with van der Waals surface area (Å²) >= 11 is 0. The first-order chi connectivity index (χ1) is 12.9. The van der Waals surface area contributed by atoms with Crippen LogP contribution in [0.2, 0.25) is 0 Å². The maximum Gasteiger partial charge on any atom is 0.220 e. The van der Waals surface area contributed by atoms with Crippen LogP contribution in [0.25, 0.3) is 22.6 Å². The number of hydrogen-bond acceptors (Lipinski definition) is 5. The number of hydrogen-bond donors (Lipinski definition) is 2. The Balaban J connectivity index is 1.81. The zero-order valence-corrected chi connectivity index (χ0v) is 15.1. The minimum atomic E-state index is -0.615. The van der Waals surface area contributed by atoms with E-state index in [9.17, 15) is 9.50 Å². The zero-order chi connectivity index (χ0) is 19.0. The molecule has 3 aromatic rings. The lowest BCUT2D eigenvalue weighted by Gasteiger charge is -2.34. The molecule has 0 unspecified atom stereocenters. The first kappa shape index (κ1) is 17.6. The minimum absolute atomic E-state index is 0.192. The lowest BCUT2D eigenvalue weighted by atomic mass is 9.83. The molecule has 0 bridgehead atoms. The second-order valence-corrected chi connectivity index (χ2v) is 7.38. The summed E-state index contributed by atoms with van der Waals surface area (Å²) in [6, 6.07) is 8.27. The second kappa shape index (κ2) is 6.74. The highest BCUT2D eigenvalue weighted by molar-refractivity contribution is 5.77. The van der Waals surface area contributed by atoms with E-state index < -0.39 is 5.60 Å². The Morgan fingerprint density at radius 3 is 2.52 bits per heavy atom. The van der Waals surface area contributed by atoms with Crippen molar-refractivity contribution in [2.75, 3.05) is 5.73 Å². The van der Waals surface area contributed by atoms with Gasteiger partial charge in [0.2, 0.25) is 5.95 Å². The Hall–Kier alpha value is -2.80. The SMILES string of the molecule is CC1(O)CCC(n2cnc(-c3ccc(F)cc3)c2-c2ccnc(N)n2)CC1. The smallest absolute Gasteiger partial charge is 0.220 e. The van der Waals surface area contributed by atoms with Crippen LogP contribution in [0.3, 0.4) is 0 Å². The van der Waals surface area contributed by atoms with E-state index >= 15 is 0 Å². The van der Waals surface area contributed by atoms with Crippen LogP contribution in [0.1, 0.15) is 38.6 Å². The summed E-state index contributed by atoms with van der Waals surface area (Å²) in [6.45, 7) is 1.88. The van der Waals surface area contributed by atoms with Crippen LogP contribution in [0.15, 0.2) is 42.9 Å². The largest absolute Gasteiger partial charge is 0.390 e. The van der Waals surface area contributed by atoms with Gasteiger partial charge in [-0.2, -0.15) is 0 Å². The molecule has 0 radical (unpaired) electrons. The Kier molecular flexibility index (Phi) is 4.39. The van der Waals surface area contributed by atoms with Gasteiger partial charge < -0.3 is 15.4 Å². The van der Waals surface area contributed by atoms with Crippen molar-refractivity contribution in [3.05, 3.63) is 48.7 Å². The van der Waals surface area contributed by atoms with Gasteiger partial charge in [0, 0.05) is 17.8 Å². The number of aliphatic hydroxyl groups is 1. The van der Waals surface area contributed by atoms with Crippen molar-refractivity contribution in [2.24, 2.45) is 0 Å². The van der Waals surface area contributed by atoms with Crippen LogP contribution in [-0.4, -0.2) is 30.2 Å². The van der Waals surface area contributed by atoms with Gasteiger partial charge in [0.1, 0.15) is 5.82 Å². The topological polar surface area (TPSA) is 89.8 Å².